The van der Waals surface area contributed by atoms with E-state index in [0.29, 0.717) is 0 Å². The third-order valence-corrected chi connectivity index (χ3v) is 5.13. The van der Waals surface area contributed by atoms with Crippen molar-refractivity contribution >= 4 is 21.6 Å². The number of hydrogen-bond acceptors (Lipinski definition) is 3. The summed E-state index contributed by atoms with van der Waals surface area (Å²) in [5.74, 6) is 0. The summed E-state index contributed by atoms with van der Waals surface area (Å²) < 4.78 is 62.9. The van der Waals surface area contributed by atoms with E-state index in [1.807, 2.05) is 0 Å². The van der Waals surface area contributed by atoms with E-state index in [1.165, 1.54) is 0 Å². The second-order valence-electron chi connectivity index (χ2n) is 4.35. The van der Waals surface area contributed by atoms with Gasteiger partial charge in [-0.3, -0.25) is 4.79 Å². The number of halogens is 4. The van der Waals surface area contributed by atoms with Crippen molar-refractivity contribution in [1.82, 2.24) is 9.29 Å². The van der Waals surface area contributed by atoms with E-state index in [1.54, 1.807) is 0 Å². The fourth-order valence-corrected chi connectivity index (χ4v) is 3.47. The van der Waals surface area contributed by atoms with Gasteiger partial charge in [-0.05, 0) is 12.5 Å². The number of nitrogens with zero attached hydrogens (tertiary/aromatic N) is 1. The monoisotopic (exact) mass is 342 g/mol. The summed E-state index contributed by atoms with van der Waals surface area (Å²) in [5.41, 5.74) is -1.39. The quantitative estimate of drug-likeness (QED) is 0.835. The molecule has 0 saturated heterocycles. The van der Waals surface area contributed by atoms with Crippen molar-refractivity contribution < 1.29 is 21.6 Å². The third kappa shape index (κ3) is 3.30. The zero-order valence-electron chi connectivity index (χ0n) is 10.4. The molecule has 116 valence electrons. The van der Waals surface area contributed by atoms with Crippen LogP contribution in [0.25, 0.3) is 0 Å². The van der Waals surface area contributed by atoms with Crippen LogP contribution < -0.4 is 5.56 Å². The van der Waals surface area contributed by atoms with E-state index in [9.17, 15) is 26.4 Å². The van der Waals surface area contributed by atoms with Crippen LogP contribution in [0, 0.1) is 0 Å². The van der Waals surface area contributed by atoms with Crippen molar-refractivity contribution in [3.8, 4) is 0 Å². The Morgan fingerprint density at radius 3 is 2.48 bits per heavy atom. The molecule has 0 aliphatic carbocycles. The Bertz CT molecular complexity index is 740. The lowest BCUT2D eigenvalue weighted by Gasteiger charge is -2.26. The minimum atomic E-state index is -4.45. The summed E-state index contributed by atoms with van der Waals surface area (Å²) in [6, 6.07) is 0.971. The Morgan fingerprint density at radius 1 is 1.33 bits per heavy atom. The number of pyridine rings is 1. The Morgan fingerprint density at radius 2 is 2.00 bits per heavy atom. The smallest absolute Gasteiger partial charge is 0.326 e. The van der Waals surface area contributed by atoms with Crippen LogP contribution >= 0.6 is 11.6 Å². The molecule has 0 saturated carbocycles. The maximum absolute atomic E-state index is 12.5. The normalized spacial score (nSPS) is 17.6. The Labute approximate surface area is 123 Å². The molecule has 1 aliphatic rings. The average molecular weight is 343 g/mol. The highest BCUT2D eigenvalue weighted by atomic mass is 35.5. The SMILES string of the molecule is O=c1[nH]cc(S(=O)(=O)N2CC=C(C(F)(F)F)CC2)cc1Cl. The molecule has 5 nitrogen and oxygen atoms in total. The van der Waals surface area contributed by atoms with Crippen molar-refractivity contribution in [2.24, 2.45) is 0 Å². The molecule has 0 amide bonds. The van der Waals surface area contributed by atoms with Crippen molar-refractivity contribution in [1.29, 1.82) is 0 Å². The predicted octanol–water partition coefficient (Wildman–Crippen LogP) is 1.91. The highest BCUT2D eigenvalue weighted by molar-refractivity contribution is 7.89. The van der Waals surface area contributed by atoms with Gasteiger partial charge in [0.1, 0.15) is 5.02 Å². The first-order valence-corrected chi connectivity index (χ1v) is 7.59. The summed E-state index contributed by atoms with van der Waals surface area (Å²) in [7, 11) is -4.00. The molecule has 21 heavy (non-hydrogen) atoms. The lowest BCUT2D eigenvalue weighted by atomic mass is 10.1. The topological polar surface area (TPSA) is 70.2 Å². The number of alkyl halides is 3. The van der Waals surface area contributed by atoms with Crippen molar-refractivity contribution in [3.05, 3.63) is 39.3 Å². The molecule has 10 heteroatoms. The first-order chi connectivity index (χ1) is 9.62. The van der Waals surface area contributed by atoms with Crippen LogP contribution in [0.2, 0.25) is 5.02 Å². The van der Waals surface area contributed by atoms with E-state index in [-0.39, 0.29) is 23.0 Å². The molecular formula is C11H10ClF3N2O3S. The molecule has 1 aromatic rings. The number of aromatic nitrogens is 1. The molecule has 0 atom stereocenters. The molecule has 1 N–H and O–H groups in total. The van der Waals surface area contributed by atoms with Crippen LogP contribution in [0.4, 0.5) is 13.2 Å². The first kappa shape index (κ1) is 16.1. The lowest BCUT2D eigenvalue weighted by Crippen LogP contribution is -2.37. The molecule has 0 spiro atoms. The molecule has 2 rings (SSSR count). The van der Waals surface area contributed by atoms with Crippen LogP contribution in [-0.2, 0) is 10.0 Å². The zero-order chi connectivity index (χ0) is 15.8. The van der Waals surface area contributed by atoms with Gasteiger partial charge < -0.3 is 4.98 Å². The molecule has 0 fully saturated rings. The molecule has 0 bridgehead atoms. The van der Waals surface area contributed by atoms with Gasteiger partial charge in [0.15, 0.2) is 0 Å². The van der Waals surface area contributed by atoms with Crippen LogP contribution in [0.15, 0.2) is 33.6 Å². The molecule has 0 aromatic carbocycles. The number of nitrogens with one attached hydrogen (secondary N) is 1. The van der Waals surface area contributed by atoms with Gasteiger partial charge in [0, 0.05) is 24.9 Å². The van der Waals surface area contributed by atoms with Crippen molar-refractivity contribution in [2.45, 2.75) is 17.5 Å². The maximum atomic E-state index is 12.5. The zero-order valence-corrected chi connectivity index (χ0v) is 12.0. The van der Waals surface area contributed by atoms with Crippen LogP contribution in [-0.4, -0.2) is 37.0 Å². The highest BCUT2D eigenvalue weighted by Gasteiger charge is 2.37. The first-order valence-electron chi connectivity index (χ1n) is 5.77. The fraction of sp³-hybridized carbons (Fsp3) is 0.364. The minimum absolute atomic E-state index is 0.268. The standard InChI is InChI=1S/C11H10ClF3N2O3S/c12-9-5-8(6-16-10(9)18)21(19,20)17-3-1-7(2-4-17)11(13,14)15/h1,5-6H,2-4H2,(H,16,18). The van der Waals surface area contributed by atoms with Gasteiger partial charge in [0.25, 0.3) is 5.56 Å². The predicted molar refractivity (Wildman–Crippen MR) is 69.6 cm³/mol. The van der Waals surface area contributed by atoms with Gasteiger partial charge in [-0.25, -0.2) is 8.42 Å². The molecular weight excluding hydrogens is 333 g/mol. The summed E-state index contributed by atoms with van der Waals surface area (Å²) >= 11 is 5.55. The number of H-pyrrole nitrogens is 1. The number of aromatic amines is 1. The second kappa shape index (κ2) is 5.47. The van der Waals surface area contributed by atoms with Crippen molar-refractivity contribution in [3.63, 3.8) is 0 Å². The van der Waals surface area contributed by atoms with Crippen molar-refractivity contribution in [2.75, 3.05) is 13.1 Å². The molecule has 0 unspecified atom stereocenters. The largest absolute Gasteiger partial charge is 0.412 e. The van der Waals surface area contributed by atoms with Crippen LogP contribution in [0.3, 0.4) is 0 Å². The van der Waals surface area contributed by atoms with Gasteiger partial charge in [-0.15, -0.1) is 0 Å². The summed E-state index contributed by atoms with van der Waals surface area (Å²) in [6.07, 6.45) is -3.06. The van der Waals surface area contributed by atoms with E-state index < -0.39 is 33.8 Å². The van der Waals surface area contributed by atoms with Crippen LogP contribution in [0.5, 0.6) is 0 Å². The Kier molecular flexibility index (Phi) is 4.18. The summed E-state index contributed by atoms with van der Waals surface area (Å²) in [6.45, 7) is -0.668. The second-order valence-corrected chi connectivity index (χ2v) is 6.70. The maximum Gasteiger partial charge on any atom is 0.412 e. The van der Waals surface area contributed by atoms with E-state index >= 15 is 0 Å². The number of rotatable bonds is 2. The Balaban J connectivity index is 2.28. The van der Waals surface area contributed by atoms with E-state index in [4.69, 9.17) is 11.6 Å². The fourth-order valence-electron chi connectivity index (χ4n) is 1.86. The number of sulfonamides is 1. The van der Waals surface area contributed by atoms with Gasteiger partial charge in [0.2, 0.25) is 10.0 Å². The molecule has 1 aromatic heterocycles. The third-order valence-electron chi connectivity index (χ3n) is 3.01. The lowest BCUT2D eigenvalue weighted by molar-refractivity contribution is -0.0953. The van der Waals surface area contributed by atoms with Gasteiger partial charge in [0.05, 0.1) is 4.90 Å². The van der Waals surface area contributed by atoms with Gasteiger partial charge in [-0.1, -0.05) is 17.7 Å². The van der Waals surface area contributed by atoms with Gasteiger partial charge >= 0.3 is 6.18 Å². The summed E-state index contributed by atoms with van der Waals surface area (Å²) in [5, 5.41) is -0.306. The Hall–Kier alpha value is -1.32. The van der Waals surface area contributed by atoms with E-state index in [2.05, 4.69) is 4.98 Å². The van der Waals surface area contributed by atoms with Gasteiger partial charge in [-0.2, -0.15) is 17.5 Å². The minimum Gasteiger partial charge on any atom is -0.326 e. The van der Waals surface area contributed by atoms with E-state index in [0.717, 1.165) is 22.6 Å². The number of hydrogen-bond donors (Lipinski definition) is 1. The van der Waals surface area contributed by atoms with Crippen LogP contribution in [0.1, 0.15) is 6.42 Å². The molecule has 1 aliphatic heterocycles. The highest BCUT2D eigenvalue weighted by Crippen LogP contribution is 2.31. The molecule has 2 heterocycles. The summed E-state index contributed by atoms with van der Waals surface area (Å²) in [4.78, 5) is 13.0. The molecule has 0 radical (unpaired) electrons. The average Bonchev–Trinajstić information content (AvgIpc) is 2.41.